The number of anilines is 1. The monoisotopic (exact) mass is 459 g/mol. The Balaban J connectivity index is 1.40. The van der Waals surface area contributed by atoms with Crippen LogP contribution in [0.2, 0.25) is 0 Å². The van der Waals surface area contributed by atoms with E-state index in [-0.39, 0.29) is 18.2 Å². The average Bonchev–Trinajstić information content (AvgIpc) is 3.40. The Hall–Kier alpha value is -3.43. The highest BCUT2D eigenvalue weighted by molar-refractivity contribution is 8.00. The summed E-state index contributed by atoms with van der Waals surface area (Å²) < 4.78 is 1.57. The molecular weight excluding hydrogens is 442 g/mol. The summed E-state index contributed by atoms with van der Waals surface area (Å²) in [6.07, 6.45) is 0.0927. The quantitative estimate of drug-likeness (QED) is 0.399. The van der Waals surface area contributed by atoms with E-state index >= 15 is 0 Å². The Labute approximate surface area is 192 Å². The van der Waals surface area contributed by atoms with Crippen LogP contribution in [0.25, 0.3) is 5.69 Å². The van der Waals surface area contributed by atoms with Gasteiger partial charge in [0.2, 0.25) is 17.0 Å². The van der Waals surface area contributed by atoms with Gasteiger partial charge in [0.15, 0.2) is 0 Å². The van der Waals surface area contributed by atoms with E-state index in [2.05, 4.69) is 15.5 Å². The van der Waals surface area contributed by atoms with Crippen molar-refractivity contribution in [3.8, 4) is 5.69 Å². The summed E-state index contributed by atoms with van der Waals surface area (Å²) in [4.78, 5) is 29.4. The highest BCUT2D eigenvalue weighted by Crippen LogP contribution is 2.39. The molecule has 4 aromatic rings. The molecule has 0 unspecified atom stereocenters. The molecule has 0 bridgehead atoms. The second-order valence-electron chi connectivity index (χ2n) is 6.97. The Kier molecular flexibility index (Phi) is 5.74. The van der Waals surface area contributed by atoms with Crippen molar-refractivity contribution < 1.29 is 9.59 Å². The first-order valence-electron chi connectivity index (χ1n) is 9.90. The molecule has 32 heavy (non-hydrogen) atoms. The van der Waals surface area contributed by atoms with Crippen molar-refractivity contribution in [3.63, 3.8) is 0 Å². The van der Waals surface area contributed by atoms with E-state index in [0.717, 1.165) is 15.5 Å². The molecule has 2 amide bonds. The summed E-state index contributed by atoms with van der Waals surface area (Å²) in [5.74, 6) is -0.490. The number of amides is 2. The minimum atomic E-state index is -0.592. The highest BCUT2D eigenvalue weighted by atomic mass is 32.2. The lowest BCUT2D eigenvalue weighted by Crippen LogP contribution is -2.31. The predicted octanol–water partition coefficient (Wildman–Crippen LogP) is 4.24. The zero-order valence-electron chi connectivity index (χ0n) is 16.7. The van der Waals surface area contributed by atoms with Crippen molar-refractivity contribution in [1.29, 1.82) is 0 Å². The van der Waals surface area contributed by atoms with Crippen LogP contribution >= 0.6 is 23.5 Å². The topological polar surface area (TPSA) is 81.0 Å². The van der Waals surface area contributed by atoms with Gasteiger partial charge in [-0.15, -0.1) is 5.10 Å². The number of para-hydroxylation sites is 2. The number of carbonyl (C=O) groups excluding carboxylic acids is 2. The third-order valence-corrected chi connectivity index (χ3v) is 7.06. The first kappa shape index (κ1) is 20.5. The lowest BCUT2D eigenvalue weighted by molar-refractivity contribution is -0.121. The number of rotatable bonds is 6. The van der Waals surface area contributed by atoms with Crippen LogP contribution in [0, 0.1) is 0 Å². The fraction of sp³-hybridized carbons (Fsp3) is 0.0870. The Morgan fingerprint density at radius 2 is 1.53 bits per heavy atom. The molecule has 7 nitrogen and oxygen atoms in total. The van der Waals surface area contributed by atoms with E-state index in [1.165, 1.54) is 28.4 Å². The second kappa shape index (κ2) is 8.97. The molecule has 0 spiro atoms. The Bertz CT molecular complexity index is 1260. The van der Waals surface area contributed by atoms with Crippen molar-refractivity contribution in [3.05, 3.63) is 84.9 Å². The van der Waals surface area contributed by atoms with Gasteiger partial charge < -0.3 is 0 Å². The lowest BCUT2D eigenvalue weighted by Gasteiger charge is -2.18. The number of benzene rings is 3. The number of hydrogen-bond donors (Lipinski definition) is 0. The minimum absolute atomic E-state index is 0.0927. The number of hydrogen-bond acceptors (Lipinski definition) is 7. The summed E-state index contributed by atoms with van der Waals surface area (Å²) in [5.41, 5.74) is 1.39. The fourth-order valence-electron chi connectivity index (χ4n) is 3.40. The molecule has 1 fully saturated rings. The number of aromatic nitrogens is 4. The van der Waals surface area contributed by atoms with E-state index in [0.29, 0.717) is 10.8 Å². The van der Waals surface area contributed by atoms with Crippen LogP contribution in [0.5, 0.6) is 0 Å². The van der Waals surface area contributed by atoms with Gasteiger partial charge in [-0.05, 0) is 46.8 Å². The molecule has 158 valence electrons. The maximum absolute atomic E-state index is 13.3. The van der Waals surface area contributed by atoms with Crippen LogP contribution in [-0.4, -0.2) is 37.3 Å². The number of carbonyl (C=O) groups is 2. The van der Waals surface area contributed by atoms with E-state index in [4.69, 9.17) is 0 Å². The average molecular weight is 460 g/mol. The van der Waals surface area contributed by atoms with Crippen molar-refractivity contribution in [1.82, 2.24) is 20.2 Å². The van der Waals surface area contributed by atoms with Crippen LogP contribution in [0.15, 0.2) is 99.9 Å². The number of imide groups is 1. The van der Waals surface area contributed by atoms with Gasteiger partial charge in [0.05, 0.1) is 11.4 Å². The Morgan fingerprint density at radius 3 is 2.31 bits per heavy atom. The maximum Gasteiger partial charge on any atom is 0.247 e. The van der Waals surface area contributed by atoms with E-state index in [1.807, 2.05) is 84.9 Å². The molecule has 1 aromatic heterocycles. The molecular formula is C23H17N5O2S2. The standard InChI is InChI=1S/C23H17N5O2S2/c29-21-15-20(32-23-24-25-26-28(23)16-9-3-1-4-10-16)22(30)27(21)18-13-7-8-14-19(18)31-17-11-5-2-6-12-17/h1-14,20H,15H2/t20-/m1/s1. The van der Waals surface area contributed by atoms with Gasteiger partial charge in [0.25, 0.3) is 0 Å². The number of thioether (sulfide) groups is 1. The summed E-state index contributed by atoms with van der Waals surface area (Å²) in [6, 6.07) is 26.8. The molecule has 1 atom stereocenters. The summed E-state index contributed by atoms with van der Waals surface area (Å²) in [6.45, 7) is 0. The Morgan fingerprint density at radius 1 is 0.844 bits per heavy atom. The van der Waals surface area contributed by atoms with Crippen LogP contribution in [0.1, 0.15) is 6.42 Å². The number of nitrogens with zero attached hydrogens (tertiary/aromatic N) is 5. The van der Waals surface area contributed by atoms with Gasteiger partial charge in [-0.25, -0.2) is 4.90 Å². The maximum atomic E-state index is 13.3. The van der Waals surface area contributed by atoms with Gasteiger partial charge in [-0.2, -0.15) is 4.68 Å². The normalized spacial score (nSPS) is 16.0. The zero-order valence-corrected chi connectivity index (χ0v) is 18.4. The molecule has 2 heterocycles. The SMILES string of the molecule is O=C1C[C@@H](Sc2nnnn2-c2ccccc2)C(=O)N1c1ccccc1Sc1ccccc1. The molecule has 5 rings (SSSR count). The predicted molar refractivity (Wildman–Crippen MR) is 123 cm³/mol. The fourth-order valence-corrected chi connectivity index (χ4v) is 5.37. The third kappa shape index (κ3) is 4.04. The molecule has 9 heteroatoms. The minimum Gasteiger partial charge on any atom is -0.274 e. The molecule has 0 radical (unpaired) electrons. The van der Waals surface area contributed by atoms with Gasteiger partial charge in [-0.1, -0.05) is 72.1 Å². The first-order chi connectivity index (χ1) is 15.7. The van der Waals surface area contributed by atoms with Crippen LogP contribution < -0.4 is 4.90 Å². The lowest BCUT2D eigenvalue weighted by atomic mass is 10.3. The summed E-state index contributed by atoms with van der Waals surface area (Å²) in [5, 5.41) is 11.7. The van der Waals surface area contributed by atoms with Crippen LogP contribution in [0.4, 0.5) is 5.69 Å². The molecule has 1 saturated heterocycles. The van der Waals surface area contributed by atoms with Gasteiger partial charge in [-0.3, -0.25) is 9.59 Å². The van der Waals surface area contributed by atoms with Gasteiger partial charge in [0.1, 0.15) is 5.25 Å². The highest BCUT2D eigenvalue weighted by Gasteiger charge is 2.42. The molecule has 0 N–H and O–H groups in total. The van der Waals surface area contributed by atoms with Crippen molar-refractivity contribution in [2.75, 3.05) is 4.90 Å². The van der Waals surface area contributed by atoms with Crippen molar-refractivity contribution in [2.45, 2.75) is 26.6 Å². The molecule has 0 aliphatic carbocycles. The zero-order chi connectivity index (χ0) is 21.9. The van der Waals surface area contributed by atoms with Crippen molar-refractivity contribution in [2.24, 2.45) is 0 Å². The van der Waals surface area contributed by atoms with Crippen LogP contribution in [0.3, 0.4) is 0 Å². The van der Waals surface area contributed by atoms with Crippen LogP contribution in [-0.2, 0) is 9.59 Å². The number of tetrazole rings is 1. The van der Waals surface area contributed by atoms with E-state index in [1.54, 1.807) is 4.68 Å². The smallest absolute Gasteiger partial charge is 0.247 e. The summed E-state index contributed by atoms with van der Waals surface area (Å²) >= 11 is 2.73. The third-order valence-electron chi connectivity index (χ3n) is 4.87. The molecule has 3 aromatic carbocycles. The summed E-state index contributed by atoms with van der Waals surface area (Å²) in [7, 11) is 0. The van der Waals surface area contributed by atoms with Gasteiger partial charge >= 0.3 is 0 Å². The largest absolute Gasteiger partial charge is 0.274 e. The molecule has 0 saturated carbocycles. The van der Waals surface area contributed by atoms with Gasteiger partial charge in [0, 0.05) is 16.2 Å². The van der Waals surface area contributed by atoms with E-state index in [9.17, 15) is 9.59 Å². The van der Waals surface area contributed by atoms with E-state index < -0.39 is 5.25 Å². The molecule has 1 aliphatic rings. The molecule has 1 aliphatic heterocycles. The van der Waals surface area contributed by atoms with Crippen molar-refractivity contribution >= 4 is 41.0 Å². The first-order valence-corrected chi connectivity index (χ1v) is 11.6. The second-order valence-corrected chi connectivity index (χ2v) is 9.25.